The molecule has 1 fully saturated rings. The zero-order valence-electron chi connectivity index (χ0n) is 9.18. The molecule has 84 valence electrons. The van der Waals surface area contributed by atoms with Crippen LogP contribution in [-0.2, 0) is 6.54 Å². The fraction of sp³-hybridized carbons (Fsp3) is 0.667. The zero-order chi connectivity index (χ0) is 10.7. The van der Waals surface area contributed by atoms with E-state index in [9.17, 15) is 0 Å². The van der Waals surface area contributed by atoms with Gasteiger partial charge in [-0.3, -0.25) is 0 Å². The molecule has 0 aliphatic heterocycles. The van der Waals surface area contributed by atoms with Gasteiger partial charge in [-0.2, -0.15) is 0 Å². The molecule has 1 aromatic rings. The third-order valence-electron chi connectivity index (χ3n) is 3.31. The van der Waals surface area contributed by atoms with Gasteiger partial charge >= 0.3 is 0 Å². The molecule has 1 saturated carbocycles. The summed E-state index contributed by atoms with van der Waals surface area (Å²) in [6.07, 6.45) is 5.63. The Kier molecular flexibility index (Phi) is 3.86. The van der Waals surface area contributed by atoms with E-state index >= 15 is 0 Å². The minimum Gasteiger partial charge on any atom is -0.312 e. The van der Waals surface area contributed by atoms with Gasteiger partial charge in [-0.05, 0) is 51.2 Å². The van der Waals surface area contributed by atoms with Crippen molar-refractivity contribution in [3.8, 4) is 0 Å². The lowest BCUT2D eigenvalue weighted by atomic mass is 9.89. The van der Waals surface area contributed by atoms with E-state index in [1.807, 2.05) is 0 Å². The Morgan fingerprint density at radius 2 is 2.20 bits per heavy atom. The number of hydrogen-bond donors (Lipinski definition) is 1. The van der Waals surface area contributed by atoms with Crippen LogP contribution in [0.3, 0.4) is 0 Å². The molecule has 0 spiro atoms. The molecule has 1 aliphatic carbocycles. The van der Waals surface area contributed by atoms with Gasteiger partial charge in [0.05, 0.1) is 3.79 Å². The Hall–Kier alpha value is 0.140. The van der Waals surface area contributed by atoms with Crippen LogP contribution in [0.2, 0.25) is 0 Å². The normalized spacial score (nSPS) is 19.6. The molecular weight excluding hydrogens is 270 g/mol. The van der Waals surface area contributed by atoms with Crippen molar-refractivity contribution in [1.82, 2.24) is 5.32 Å². The molecule has 1 aliphatic rings. The molecule has 0 saturated heterocycles. The molecule has 1 nitrogen and oxygen atoms in total. The molecule has 1 N–H and O–H groups in total. The van der Waals surface area contributed by atoms with Gasteiger partial charge in [-0.25, -0.2) is 0 Å². The molecule has 0 aromatic carbocycles. The van der Waals surface area contributed by atoms with Crippen LogP contribution >= 0.6 is 27.3 Å². The second-order valence-corrected chi connectivity index (χ2v) is 7.17. The summed E-state index contributed by atoms with van der Waals surface area (Å²) in [7, 11) is 0. The first-order valence-electron chi connectivity index (χ1n) is 5.62. The summed E-state index contributed by atoms with van der Waals surface area (Å²) in [5.74, 6) is 0. The predicted molar refractivity (Wildman–Crippen MR) is 70.3 cm³/mol. The molecule has 2 rings (SSSR count). The minimum absolute atomic E-state index is 0.563. The average Bonchev–Trinajstić information content (AvgIpc) is 2.76. The highest BCUT2D eigenvalue weighted by molar-refractivity contribution is 9.11. The van der Waals surface area contributed by atoms with Gasteiger partial charge in [0.1, 0.15) is 0 Å². The Balaban J connectivity index is 1.75. The van der Waals surface area contributed by atoms with Crippen molar-refractivity contribution in [2.24, 2.45) is 5.41 Å². The maximum atomic E-state index is 3.58. The summed E-state index contributed by atoms with van der Waals surface area (Å²) < 4.78 is 1.23. The van der Waals surface area contributed by atoms with E-state index in [0.29, 0.717) is 5.41 Å². The highest BCUT2D eigenvalue weighted by Crippen LogP contribution is 2.36. The molecule has 3 heteroatoms. The van der Waals surface area contributed by atoms with Gasteiger partial charge in [-0.15, -0.1) is 11.3 Å². The van der Waals surface area contributed by atoms with Crippen molar-refractivity contribution in [2.45, 2.75) is 39.2 Å². The van der Waals surface area contributed by atoms with Gasteiger partial charge in [0.15, 0.2) is 0 Å². The molecular formula is C12H18BrNS. The number of hydrogen-bond acceptors (Lipinski definition) is 2. The van der Waals surface area contributed by atoms with Gasteiger partial charge < -0.3 is 5.32 Å². The Morgan fingerprint density at radius 1 is 1.47 bits per heavy atom. The van der Waals surface area contributed by atoms with Gasteiger partial charge in [0.25, 0.3) is 0 Å². The highest BCUT2D eigenvalue weighted by Gasteiger charge is 2.27. The van der Waals surface area contributed by atoms with Crippen molar-refractivity contribution in [3.05, 3.63) is 20.8 Å². The second kappa shape index (κ2) is 4.98. The third kappa shape index (κ3) is 3.30. The molecule has 0 amide bonds. The van der Waals surface area contributed by atoms with E-state index in [-0.39, 0.29) is 0 Å². The highest BCUT2D eigenvalue weighted by atomic mass is 79.9. The topological polar surface area (TPSA) is 12.0 Å². The summed E-state index contributed by atoms with van der Waals surface area (Å²) >= 11 is 5.25. The third-order valence-corrected chi connectivity index (χ3v) is 4.87. The number of nitrogens with one attached hydrogen (secondary N) is 1. The smallest absolute Gasteiger partial charge is 0.0701 e. The van der Waals surface area contributed by atoms with E-state index in [2.05, 4.69) is 39.6 Å². The summed E-state index contributed by atoms with van der Waals surface area (Å²) in [5, 5.41) is 5.80. The van der Waals surface area contributed by atoms with Crippen LogP contribution in [0.4, 0.5) is 0 Å². The first kappa shape index (κ1) is 11.6. The monoisotopic (exact) mass is 287 g/mol. The SMILES string of the molecule is CC1(CNCc2csc(Br)c2)CCCC1. The Labute approximate surface area is 104 Å². The van der Waals surface area contributed by atoms with Crippen LogP contribution in [0.15, 0.2) is 15.2 Å². The number of thiophene rings is 1. The minimum atomic E-state index is 0.563. The predicted octanol–water partition coefficient (Wildman–Crippen LogP) is 4.18. The van der Waals surface area contributed by atoms with Crippen molar-refractivity contribution in [3.63, 3.8) is 0 Å². The summed E-state index contributed by atoms with van der Waals surface area (Å²) in [4.78, 5) is 0. The van der Waals surface area contributed by atoms with Crippen molar-refractivity contribution < 1.29 is 0 Å². The molecule has 0 unspecified atom stereocenters. The molecule has 0 radical (unpaired) electrons. The summed E-state index contributed by atoms with van der Waals surface area (Å²) in [6.45, 7) is 4.59. The van der Waals surface area contributed by atoms with Crippen LogP contribution in [0.25, 0.3) is 0 Å². The summed E-state index contributed by atoms with van der Waals surface area (Å²) in [6, 6.07) is 2.20. The Morgan fingerprint density at radius 3 is 2.80 bits per heavy atom. The Bertz CT molecular complexity index is 315. The van der Waals surface area contributed by atoms with Crippen LogP contribution in [0.1, 0.15) is 38.2 Å². The van der Waals surface area contributed by atoms with Crippen LogP contribution in [-0.4, -0.2) is 6.54 Å². The van der Waals surface area contributed by atoms with Crippen LogP contribution < -0.4 is 5.32 Å². The molecule has 1 aromatic heterocycles. The number of halogens is 1. The summed E-state index contributed by atoms with van der Waals surface area (Å²) in [5.41, 5.74) is 1.96. The lowest BCUT2D eigenvalue weighted by molar-refractivity contribution is 0.315. The quantitative estimate of drug-likeness (QED) is 0.876. The maximum absolute atomic E-state index is 3.58. The lowest BCUT2D eigenvalue weighted by Gasteiger charge is -2.23. The lowest BCUT2D eigenvalue weighted by Crippen LogP contribution is -2.28. The van der Waals surface area contributed by atoms with E-state index in [1.54, 1.807) is 11.3 Å². The van der Waals surface area contributed by atoms with Crippen molar-refractivity contribution in [1.29, 1.82) is 0 Å². The van der Waals surface area contributed by atoms with Gasteiger partial charge in [0, 0.05) is 13.1 Å². The second-order valence-electron chi connectivity index (χ2n) is 4.88. The van der Waals surface area contributed by atoms with E-state index in [4.69, 9.17) is 0 Å². The average molecular weight is 288 g/mol. The van der Waals surface area contributed by atoms with Crippen LogP contribution in [0, 0.1) is 5.41 Å². The molecule has 15 heavy (non-hydrogen) atoms. The van der Waals surface area contributed by atoms with Crippen LogP contribution in [0.5, 0.6) is 0 Å². The molecule has 0 bridgehead atoms. The standard InChI is InChI=1S/C12H18BrNS/c1-12(4-2-3-5-12)9-14-7-10-6-11(13)15-8-10/h6,8,14H,2-5,7,9H2,1H3. The number of rotatable bonds is 4. The van der Waals surface area contributed by atoms with Gasteiger partial charge in [0.2, 0.25) is 0 Å². The van der Waals surface area contributed by atoms with Crippen molar-refractivity contribution in [2.75, 3.05) is 6.54 Å². The molecule has 0 atom stereocenters. The van der Waals surface area contributed by atoms with E-state index in [0.717, 1.165) is 6.54 Å². The fourth-order valence-electron chi connectivity index (χ4n) is 2.35. The van der Waals surface area contributed by atoms with Crippen molar-refractivity contribution >= 4 is 27.3 Å². The first-order chi connectivity index (χ1) is 7.18. The molecule has 1 heterocycles. The van der Waals surface area contributed by atoms with E-state index in [1.165, 1.54) is 41.6 Å². The first-order valence-corrected chi connectivity index (χ1v) is 7.29. The zero-order valence-corrected chi connectivity index (χ0v) is 11.6. The van der Waals surface area contributed by atoms with E-state index < -0.39 is 0 Å². The maximum Gasteiger partial charge on any atom is 0.0701 e. The fourth-order valence-corrected chi connectivity index (χ4v) is 3.56. The largest absolute Gasteiger partial charge is 0.312 e. The van der Waals surface area contributed by atoms with Gasteiger partial charge in [-0.1, -0.05) is 19.8 Å².